The van der Waals surface area contributed by atoms with Crippen molar-refractivity contribution in [2.75, 3.05) is 0 Å². The van der Waals surface area contributed by atoms with Crippen LogP contribution in [0.1, 0.15) is 21.1 Å². The zero-order valence-electron chi connectivity index (χ0n) is 5.13. The van der Waals surface area contributed by atoms with Crippen molar-refractivity contribution in [3.8, 4) is 0 Å². The molecular weight excluding hydrogens is 90.1 g/mol. The van der Waals surface area contributed by atoms with Crippen LogP contribution in [0.4, 0.5) is 0 Å². The second kappa shape index (κ2) is 1.14. The first kappa shape index (κ1) is 3.33. The summed E-state index contributed by atoms with van der Waals surface area (Å²) in [7, 11) is 0. The van der Waals surface area contributed by atoms with Crippen LogP contribution in [0.15, 0.2) is 5.11 Å². The standard InChI is InChI=1S/C4H7N3/c1-4(2-3-4)6-7-5/h2-3H2,1H3/i2D/t2-,4-/m0/s1. The molecule has 0 aliphatic heterocycles. The lowest BCUT2D eigenvalue weighted by Gasteiger charge is -1.88. The average Bonchev–Trinajstić information content (AvgIpc) is 2.16. The summed E-state index contributed by atoms with van der Waals surface area (Å²) in [6, 6.07) is 0. The normalized spacial score (nSPS) is 49.3. The number of hydrogen-bond donors (Lipinski definition) is 0. The van der Waals surface area contributed by atoms with Gasteiger partial charge in [0.1, 0.15) is 0 Å². The van der Waals surface area contributed by atoms with Crippen LogP contribution in [-0.4, -0.2) is 5.54 Å². The molecular formula is C4H7N3. The summed E-state index contributed by atoms with van der Waals surface area (Å²) < 4.78 is 7.09. The predicted molar refractivity (Wildman–Crippen MR) is 26.8 cm³/mol. The van der Waals surface area contributed by atoms with E-state index >= 15 is 0 Å². The number of nitrogens with zero attached hydrogens (tertiary/aromatic N) is 3. The minimum atomic E-state index is -0.366. The van der Waals surface area contributed by atoms with Crippen molar-refractivity contribution >= 4 is 0 Å². The highest BCUT2D eigenvalue weighted by Crippen LogP contribution is 2.38. The fourth-order valence-electron chi connectivity index (χ4n) is 0.332. The summed E-state index contributed by atoms with van der Waals surface area (Å²) in [5.74, 6) is 0. The maximum Gasteiger partial charge on any atom is 0.0460 e. The van der Waals surface area contributed by atoms with E-state index < -0.39 is 0 Å². The molecule has 0 unspecified atom stereocenters. The van der Waals surface area contributed by atoms with Crippen molar-refractivity contribution in [3.63, 3.8) is 0 Å². The molecule has 0 radical (unpaired) electrons. The highest BCUT2D eigenvalue weighted by Gasteiger charge is 2.35. The minimum Gasteiger partial charge on any atom is -0.0876 e. The summed E-state index contributed by atoms with van der Waals surface area (Å²) in [4.78, 5) is 2.62. The van der Waals surface area contributed by atoms with Gasteiger partial charge in [0.05, 0.1) is 0 Å². The maximum absolute atomic E-state index is 7.93. The first-order valence-electron chi connectivity index (χ1n) is 2.75. The third-order valence-electron chi connectivity index (χ3n) is 1.07. The molecule has 1 aliphatic rings. The van der Waals surface area contributed by atoms with E-state index in [9.17, 15) is 0 Å². The lowest BCUT2D eigenvalue weighted by molar-refractivity contribution is 0.753. The third-order valence-corrected chi connectivity index (χ3v) is 1.07. The van der Waals surface area contributed by atoms with Crippen LogP contribution in [0.3, 0.4) is 0 Å². The average molecular weight is 98.1 g/mol. The highest BCUT2D eigenvalue weighted by atomic mass is 15.2. The largest absolute Gasteiger partial charge is 0.0876 e. The molecule has 0 N–H and O–H groups in total. The molecule has 1 aliphatic carbocycles. The fourth-order valence-corrected chi connectivity index (χ4v) is 0.332. The molecule has 1 fully saturated rings. The summed E-state index contributed by atoms with van der Waals surface area (Å²) >= 11 is 0. The van der Waals surface area contributed by atoms with Crippen LogP contribution in [-0.2, 0) is 0 Å². The van der Waals surface area contributed by atoms with Crippen LogP contribution in [0.5, 0.6) is 0 Å². The monoisotopic (exact) mass is 98.1 g/mol. The minimum absolute atomic E-state index is 0.154. The van der Waals surface area contributed by atoms with Crippen molar-refractivity contribution in [2.45, 2.75) is 25.3 Å². The van der Waals surface area contributed by atoms with Gasteiger partial charge in [-0.2, -0.15) is 0 Å². The van der Waals surface area contributed by atoms with E-state index in [0.717, 1.165) is 6.42 Å². The number of hydrogen-bond acceptors (Lipinski definition) is 1. The van der Waals surface area contributed by atoms with Crippen molar-refractivity contribution in [1.82, 2.24) is 0 Å². The van der Waals surface area contributed by atoms with Crippen molar-refractivity contribution in [1.29, 1.82) is 0 Å². The topological polar surface area (TPSA) is 48.8 Å². The Hall–Kier alpha value is -0.690. The molecule has 1 rings (SSSR count). The second-order valence-electron chi connectivity index (χ2n) is 1.95. The summed E-state index contributed by atoms with van der Waals surface area (Å²) in [5, 5.41) is 3.44. The fraction of sp³-hybridized carbons (Fsp3) is 1.00. The Morgan fingerprint density at radius 1 is 2.14 bits per heavy atom. The Kier molecular flexibility index (Phi) is 0.541. The molecule has 0 aromatic rings. The van der Waals surface area contributed by atoms with Gasteiger partial charge in [-0.3, -0.25) is 0 Å². The Bertz CT molecular complexity index is 151. The molecule has 7 heavy (non-hydrogen) atoms. The van der Waals surface area contributed by atoms with Crippen LogP contribution < -0.4 is 0 Å². The van der Waals surface area contributed by atoms with Gasteiger partial charge in [-0.15, -0.1) is 0 Å². The van der Waals surface area contributed by atoms with Gasteiger partial charge in [-0.1, -0.05) is 12.0 Å². The maximum atomic E-state index is 7.93. The summed E-state index contributed by atoms with van der Waals surface area (Å²) in [6.07, 6.45) is 0.565. The molecule has 0 saturated heterocycles. The first-order valence-corrected chi connectivity index (χ1v) is 2.17. The lowest BCUT2D eigenvalue weighted by Crippen LogP contribution is -1.90. The Labute approximate surface area is 43.4 Å². The van der Waals surface area contributed by atoms with Crippen molar-refractivity contribution in [2.24, 2.45) is 5.11 Å². The van der Waals surface area contributed by atoms with Gasteiger partial charge < -0.3 is 0 Å². The van der Waals surface area contributed by atoms with Crippen LogP contribution in [0, 0.1) is 0 Å². The van der Waals surface area contributed by atoms with E-state index in [-0.39, 0.29) is 11.9 Å². The summed E-state index contributed by atoms with van der Waals surface area (Å²) in [5.41, 5.74) is 7.57. The smallest absolute Gasteiger partial charge is 0.0460 e. The van der Waals surface area contributed by atoms with Gasteiger partial charge in [-0.25, -0.2) is 0 Å². The van der Waals surface area contributed by atoms with Crippen molar-refractivity contribution in [3.05, 3.63) is 10.4 Å². The molecule has 0 spiro atoms. The van der Waals surface area contributed by atoms with E-state index in [0.29, 0.717) is 0 Å². The van der Waals surface area contributed by atoms with Crippen LogP contribution in [0.2, 0.25) is 0 Å². The zero-order chi connectivity index (χ0) is 6.20. The SMILES string of the molecule is [2H][C@H]1C[C@@]1(C)N=[N+]=[N-]. The van der Waals surface area contributed by atoms with Gasteiger partial charge in [0.2, 0.25) is 0 Å². The van der Waals surface area contributed by atoms with Crippen LogP contribution >= 0.6 is 0 Å². The van der Waals surface area contributed by atoms with Gasteiger partial charge >= 0.3 is 0 Å². The van der Waals surface area contributed by atoms with Gasteiger partial charge in [0.15, 0.2) is 0 Å². The molecule has 0 aromatic heterocycles. The molecule has 1 saturated carbocycles. The number of azide groups is 1. The van der Waals surface area contributed by atoms with Gasteiger partial charge in [0.25, 0.3) is 0 Å². The van der Waals surface area contributed by atoms with Gasteiger partial charge in [-0.05, 0) is 18.3 Å². The van der Waals surface area contributed by atoms with Crippen LogP contribution in [0.25, 0.3) is 10.4 Å². The van der Waals surface area contributed by atoms with E-state index in [1.807, 2.05) is 0 Å². The molecule has 0 amide bonds. The van der Waals surface area contributed by atoms with E-state index in [4.69, 9.17) is 6.90 Å². The Balaban J connectivity index is 2.59. The number of rotatable bonds is 1. The van der Waals surface area contributed by atoms with Crippen molar-refractivity contribution < 1.29 is 1.37 Å². The highest BCUT2D eigenvalue weighted by molar-refractivity contribution is 4.97. The molecule has 38 valence electrons. The third kappa shape index (κ3) is 0.842. The molecule has 0 aromatic carbocycles. The van der Waals surface area contributed by atoms with E-state index in [1.165, 1.54) is 0 Å². The van der Waals surface area contributed by atoms with Gasteiger partial charge in [0, 0.05) is 11.8 Å². The zero-order valence-corrected chi connectivity index (χ0v) is 4.13. The second-order valence-corrected chi connectivity index (χ2v) is 1.95. The van der Waals surface area contributed by atoms with E-state index in [1.54, 1.807) is 6.92 Å². The molecule has 3 nitrogen and oxygen atoms in total. The van der Waals surface area contributed by atoms with E-state index in [2.05, 4.69) is 10.0 Å². The molecule has 3 heteroatoms. The quantitative estimate of drug-likeness (QED) is 0.273. The molecule has 2 atom stereocenters. The summed E-state index contributed by atoms with van der Waals surface area (Å²) in [6.45, 7) is 1.80. The predicted octanol–water partition coefficient (Wildman–Crippen LogP) is 1.85. The molecule has 0 bridgehead atoms. The first-order chi connectivity index (χ1) is 3.69. The lowest BCUT2D eigenvalue weighted by atomic mass is 10.4. The Morgan fingerprint density at radius 2 is 2.71 bits per heavy atom. The Morgan fingerprint density at radius 3 is 2.86 bits per heavy atom. The molecule has 0 heterocycles.